The molecule has 13 heavy (non-hydrogen) atoms. The maximum absolute atomic E-state index is 10.5. The van der Waals surface area contributed by atoms with Gasteiger partial charge < -0.3 is 10.8 Å². The van der Waals surface area contributed by atoms with Gasteiger partial charge in [0, 0.05) is 8.95 Å². The van der Waals surface area contributed by atoms with Crippen molar-refractivity contribution in [3.05, 3.63) is 32.7 Å². The number of hydrogen-bond acceptors (Lipinski definition) is 2. The maximum Gasteiger partial charge on any atom is 0.325 e. The number of carboxylic acid groups (broad SMARTS) is 1. The molecule has 3 N–H and O–H groups in total. The zero-order valence-corrected chi connectivity index (χ0v) is 9.67. The average molecular weight is 309 g/mol. The number of carboxylic acids is 1. The number of nitrogens with two attached hydrogens (primary N) is 1. The minimum atomic E-state index is -1.03. The van der Waals surface area contributed by atoms with Gasteiger partial charge in [0.05, 0.1) is 0 Å². The van der Waals surface area contributed by atoms with Crippen molar-refractivity contribution in [1.82, 2.24) is 0 Å². The fourth-order valence-corrected chi connectivity index (χ4v) is 1.49. The second kappa shape index (κ2) is 4.21. The Labute approximate surface area is 92.2 Å². The highest BCUT2D eigenvalue weighted by molar-refractivity contribution is 9.13. The molecule has 0 aliphatic rings. The Kier molecular flexibility index (Phi) is 3.47. The van der Waals surface area contributed by atoms with Gasteiger partial charge in [0.1, 0.15) is 6.04 Å². The van der Waals surface area contributed by atoms with Crippen LogP contribution in [0.15, 0.2) is 27.1 Å². The second-order valence-corrected chi connectivity index (χ2v) is 4.20. The molecule has 0 aliphatic carbocycles. The molecule has 0 radical (unpaired) electrons. The summed E-state index contributed by atoms with van der Waals surface area (Å²) in [5.41, 5.74) is 5.99. The SMILES string of the molecule is N[C@H](C(=O)O)c1ccc(Br)c(Br)c1. The number of halogens is 2. The van der Waals surface area contributed by atoms with Crippen LogP contribution in [0.5, 0.6) is 0 Å². The van der Waals surface area contributed by atoms with Gasteiger partial charge in [-0.25, -0.2) is 0 Å². The molecule has 0 spiro atoms. The Hall–Kier alpha value is -0.390. The van der Waals surface area contributed by atoms with Gasteiger partial charge in [-0.1, -0.05) is 6.07 Å². The molecule has 0 aromatic heterocycles. The minimum Gasteiger partial charge on any atom is -0.480 e. The minimum absolute atomic E-state index is 0.572. The summed E-state index contributed by atoms with van der Waals surface area (Å²) in [5.74, 6) is -1.03. The van der Waals surface area contributed by atoms with E-state index in [1.807, 2.05) is 0 Å². The summed E-state index contributed by atoms with van der Waals surface area (Å²) >= 11 is 6.55. The number of carbonyl (C=O) groups is 1. The molecule has 0 aliphatic heterocycles. The van der Waals surface area contributed by atoms with Gasteiger partial charge in [0.25, 0.3) is 0 Å². The molecule has 1 atom stereocenters. The van der Waals surface area contributed by atoms with E-state index in [0.717, 1.165) is 8.95 Å². The van der Waals surface area contributed by atoms with Crippen LogP contribution in [0.4, 0.5) is 0 Å². The molecule has 5 heteroatoms. The van der Waals surface area contributed by atoms with E-state index in [1.165, 1.54) is 0 Å². The molecule has 0 amide bonds. The van der Waals surface area contributed by atoms with Crippen LogP contribution in [0.3, 0.4) is 0 Å². The first-order valence-electron chi connectivity index (χ1n) is 3.45. The zero-order chi connectivity index (χ0) is 10.0. The molecule has 0 fully saturated rings. The van der Waals surface area contributed by atoms with Gasteiger partial charge in [0.2, 0.25) is 0 Å². The third-order valence-corrected chi connectivity index (χ3v) is 3.45. The van der Waals surface area contributed by atoms with E-state index in [2.05, 4.69) is 31.9 Å². The van der Waals surface area contributed by atoms with Crippen molar-refractivity contribution in [2.45, 2.75) is 6.04 Å². The van der Waals surface area contributed by atoms with E-state index < -0.39 is 12.0 Å². The Morgan fingerprint density at radius 3 is 2.46 bits per heavy atom. The quantitative estimate of drug-likeness (QED) is 0.881. The summed E-state index contributed by atoms with van der Waals surface area (Å²) in [4.78, 5) is 10.5. The van der Waals surface area contributed by atoms with Crippen LogP contribution in [0.25, 0.3) is 0 Å². The molecule has 0 saturated carbocycles. The van der Waals surface area contributed by atoms with Gasteiger partial charge in [-0.2, -0.15) is 0 Å². The summed E-state index contributed by atoms with van der Waals surface area (Å²) in [7, 11) is 0. The van der Waals surface area contributed by atoms with Gasteiger partial charge in [0.15, 0.2) is 0 Å². The summed E-state index contributed by atoms with van der Waals surface area (Å²) < 4.78 is 1.66. The van der Waals surface area contributed by atoms with Crippen LogP contribution in [0.2, 0.25) is 0 Å². The van der Waals surface area contributed by atoms with Crippen molar-refractivity contribution < 1.29 is 9.90 Å². The number of aliphatic carboxylic acids is 1. The van der Waals surface area contributed by atoms with E-state index in [1.54, 1.807) is 18.2 Å². The summed E-state index contributed by atoms with van der Waals surface area (Å²) in [5, 5.41) is 8.64. The smallest absolute Gasteiger partial charge is 0.325 e. The third kappa shape index (κ3) is 2.52. The van der Waals surface area contributed by atoms with Crippen LogP contribution >= 0.6 is 31.9 Å². The molecule has 1 aromatic carbocycles. The predicted molar refractivity (Wildman–Crippen MR) is 56.4 cm³/mol. The van der Waals surface area contributed by atoms with Crippen molar-refractivity contribution in [1.29, 1.82) is 0 Å². The van der Waals surface area contributed by atoms with Crippen LogP contribution in [0, 0.1) is 0 Å². The monoisotopic (exact) mass is 307 g/mol. The fourth-order valence-electron chi connectivity index (χ4n) is 0.848. The molecular weight excluding hydrogens is 302 g/mol. The van der Waals surface area contributed by atoms with Crippen LogP contribution < -0.4 is 5.73 Å². The Balaban J connectivity index is 3.03. The highest BCUT2D eigenvalue weighted by atomic mass is 79.9. The lowest BCUT2D eigenvalue weighted by Crippen LogP contribution is -2.20. The number of rotatable bonds is 2. The molecule has 0 heterocycles. The van der Waals surface area contributed by atoms with Crippen molar-refractivity contribution in [2.24, 2.45) is 5.73 Å². The van der Waals surface area contributed by atoms with Crippen LogP contribution in [-0.4, -0.2) is 11.1 Å². The first-order chi connectivity index (χ1) is 6.02. The molecule has 1 rings (SSSR count). The van der Waals surface area contributed by atoms with Gasteiger partial charge in [-0.15, -0.1) is 0 Å². The van der Waals surface area contributed by atoms with Gasteiger partial charge in [-0.3, -0.25) is 4.79 Å². The lowest BCUT2D eigenvalue weighted by molar-refractivity contribution is -0.138. The highest BCUT2D eigenvalue weighted by Crippen LogP contribution is 2.25. The standard InChI is InChI=1S/C8H7Br2NO2/c9-5-2-1-4(3-6(5)10)7(11)8(12)13/h1-3,7H,11H2,(H,12,13)/t7-/m0/s1. The topological polar surface area (TPSA) is 63.3 Å². The normalized spacial score (nSPS) is 12.5. The van der Waals surface area contributed by atoms with Crippen molar-refractivity contribution in [3.63, 3.8) is 0 Å². The largest absolute Gasteiger partial charge is 0.480 e. The predicted octanol–water partition coefficient (Wildman–Crippen LogP) is 2.30. The first-order valence-corrected chi connectivity index (χ1v) is 5.04. The Morgan fingerprint density at radius 1 is 1.38 bits per heavy atom. The first kappa shape index (κ1) is 10.7. The molecule has 70 valence electrons. The summed E-state index contributed by atoms with van der Waals surface area (Å²) in [6.45, 7) is 0. The average Bonchev–Trinajstić information content (AvgIpc) is 2.08. The van der Waals surface area contributed by atoms with Crippen molar-refractivity contribution in [3.8, 4) is 0 Å². The van der Waals surface area contributed by atoms with E-state index in [-0.39, 0.29) is 0 Å². The van der Waals surface area contributed by atoms with Crippen molar-refractivity contribution >= 4 is 37.8 Å². The third-order valence-electron chi connectivity index (χ3n) is 1.57. The Bertz CT molecular complexity index is 341. The highest BCUT2D eigenvalue weighted by Gasteiger charge is 2.14. The number of benzene rings is 1. The van der Waals surface area contributed by atoms with Crippen molar-refractivity contribution in [2.75, 3.05) is 0 Å². The number of hydrogen-bond donors (Lipinski definition) is 2. The molecular formula is C8H7Br2NO2. The maximum atomic E-state index is 10.5. The van der Waals surface area contributed by atoms with E-state index in [4.69, 9.17) is 10.8 Å². The fraction of sp³-hybridized carbons (Fsp3) is 0.125. The molecule has 3 nitrogen and oxygen atoms in total. The lowest BCUT2D eigenvalue weighted by atomic mass is 10.1. The van der Waals surface area contributed by atoms with Crippen LogP contribution in [0.1, 0.15) is 11.6 Å². The summed E-state index contributed by atoms with van der Waals surface area (Å²) in [6.07, 6.45) is 0. The molecule has 1 aromatic rings. The van der Waals surface area contributed by atoms with E-state index in [9.17, 15) is 4.79 Å². The lowest BCUT2D eigenvalue weighted by Gasteiger charge is -2.07. The van der Waals surface area contributed by atoms with Crippen LogP contribution in [-0.2, 0) is 4.79 Å². The van der Waals surface area contributed by atoms with Gasteiger partial charge >= 0.3 is 5.97 Å². The van der Waals surface area contributed by atoms with Gasteiger partial charge in [-0.05, 0) is 49.6 Å². The Morgan fingerprint density at radius 2 is 2.00 bits per heavy atom. The molecule has 0 bridgehead atoms. The zero-order valence-electron chi connectivity index (χ0n) is 6.50. The second-order valence-electron chi connectivity index (χ2n) is 2.49. The van der Waals surface area contributed by atoms with E-state index in [0.29, 0.717) is 5.56 Å². The molecule has 0 saturated heterocycles. The summed E-state index contributed by atoms with van der Waals surface area (Å²) in [6, 6.07) is 4.14. The van der Waals surface area contributed by atoms with E-state index >= 15 is 0 Å². The molecule has 0 unspecified atom stereocenters.